The summed E-state index contributed by atoms with van der Waals surface area (Å²) in [5.41, 5.74) is 1.52. The molecule has 2 amide bonds. The summed E-state index contributed by atoms with van der Waals surface area (Å²) in [4.78, 5) is 30.1. The molecule has 11 heteroatoms. The second-order valence-electron chi connectivity index (χ2n) is 11.8. The van der Waals surface area contributed by atoms with E-state index in [0.717, 1.165) is 54.1 Å². The van der Waals surface area contributed by atoms with Crippen LogP contribution in [-0.4, -0.2) is 50.9 Å². The monoisotopic (exact) mass is 691 g/mol. The van der Waals surface area contributed by atoms with Crippen LogP contribution in [0.15, 0.2) is 108 Å². The third kappa shape index (κ3) is 8.73. The van der Waals surface area contributed by atoms with E-state index in [1.54, 1.807) is 24.3 Å². The van der Waals surface area contributed by atoms with Gasteiger partial charge in [0, 0.05) is 24.0 Å². The number of carbonyl (C=O) groups excluding carboxylic acids is 2. The van der Waals surface area contributed by atoms with Gasteiger partial charge in [-0.05, 0) is 78.6 Å². The number of hydrogen-bond acceptors (Lipinski definition) is 5. The first-order valence-corrected chi connectivity index (χ1v) is 17.8. The number of nitrogens with one attached hydrogen (secondary N) is 1. The van der Waals surface area contributed by atoms with E-state index in [4.69, 9.17) is 16.3 Å². The first kappa shape index (κ1) is 34.9. The average Bonchev–Trinajstić information content (AvgIpc) is 3.10. The van der Waals surface area contributed by atoms with Gasteiger partial charge in [0.2, 0.25) is 11.8 Å². The normalized spacial score (nSPS) is 14.1. The molecule has 8 nitrogen and oxygen atoms in total. The molecule has 1 fully saturated rings. The SMILES string of the molecule is COc1ccc(S(=O)(=O)N(CC(=O)N(Cc2ccccc2Cl)[C@H](Cc2ccccc2)C(=O)NC2CCCCC2)c2ccc(F)cc2)cc1. The lowest BCUT2D eigenvalue weighted by Crippen LogP contribution is -2.55. The molecule has 5 rings (SSSR count). The summed E-state index contributed by atoms with van der Waals surface area (Å²) < 4.78 is 48.5. The van der Waals surface area contributed by atoms with Crippen molar-refractivity contribution in [2.24, 2.45) is 0 Å². The molecule has 1 aliphatic carbocycles. The van der Waals surface area contributed by atoms with Crippen molar-refractivity contribution in [1.82, 2.24) is 10.2 Å². The maximum atomic E-state index is 14.6. The van der Waals surface area contributed by atoms with Crippen molar-refractivity contribution >= 4 is 39.1 Å². The van der Waals surface area contributed by atoms with Gasteiger partial charge in [-0.1, -0.05) is 79.4 Å². The minimum Gasteiger partial charge on any atom is -0.497 e. The molecular formula is C37H39ClFN3O5S. The van der Waals surface area contributed by atoms with Crippen molar-refractivity contribution < 1.29 is 27.1 Å². The van der Waals surface area contributed by atoms with Gasteiger partial charge in [-0.25, -0.2) is 12.8 Å². The van der Waals surface area contributed by atoms with Crippen LogP contribution in [0.5, 0.6) is 5.75 Å². The van der Waals surface area contributed by atoms with E-state index in [-0.39, 0.29) is 35.5 Å². The number of ether oxygens (including phenoxy) is 1. The number of carbonyl (C=O) groups is 2. The Morgan fingerprint density at radius 2 is 1.54 bits per heavy atom. The number of hydrogen-bond donors (Lipinski definition) is 1. The highest BCUT2D eigenvalue weighted by Crippen LogP contribution is 2.28. The quantitative estimate of drug-likeness (QED) is 0.167. The topological polar surface area (TPSA) is 96.0 Å². The zero-order chi connectivity index (χ0) is 34.1. The predicted molar refractivity (Wildman–Crippen MR) is 185 cm³/mol. The highest BCUT2D eigenvalue weighted by atomic mass is 35.5. The minimum atomic E-state index is -4.35. The summed E-state index contributed by atoms with van der Waals surface area (Å²) in [6.45, 7) is -0.708. The van der Waals surface area contributed by atoms with E-state index in [1.165, 1.54) is 48.4 Å². The summed E-state index contributed by atoms with van der Waals surface area (Å²) in [5, 5.41) is 3.59. The van der Waals surface area contributed by atoms with Crippen LogP contribution in [0, 0.1) is 5.82 Å². The molecule has 0 unspecified atom stereocenters. The fourth-order valence-corrected chi connectivity index (χ4v) is 7.53. The minimum absolute atomic E-state index is 0.0204. The average molecular weight is 692 g/mol. The molecule has 1 saturated carbocycles. The first-order chi connectivity index (χ1) is 23.2. The fourth-order valence-electron chi connectivity index (χ4n) is 5.92. The van der Waals surface area contributed by atoms with E-state index >= 15 is 0 Å². The highest BCUT2D eigenvalue weighted by Gasteiger charge is 2.35. The molecule has 0 spiro atoms. The van der Waals surface area contributed by atoms with Crippen LogP contribution in [-0.2, 0) is 32.6 Å². The van der Waals surface area contributed by atoms with Gasteiger partial charge in [-0.15, -0.1) is 0 Å². The molecule has 0 radical (unpaired) electrons. The fraction of sp³-hybridized carbons (Fsp3) is 0.297. The number of amides is 2. The second kappa shape index (κ2) is 16.1. The van der Waals surface area contributed by atoms with Crippen LogP contribution in [0.3, 0.4) is 0 Å². The van der Waals surface area contributed by atoms with Crippen molar-refractivity contribution in [2.75, 3.05) is 18.0 Å². The standard InChI is InChI=1S/C37H39ClFN3O5S/c1-47-32-20-22-33(23-21-32)48(45,46)42(31-18-16-29(39)17-19-31)26-36(43)41(25-28-12-8-9-15-34(28)38)35(24-27-10-4-2-5-11-27)37(44)40-30-13-6-3-7-14-30/h2,4-5,8-12,15-23,30,35H,3,6-7,13-14,24-26H2,1H3,(H,40,44)/t35-/m1/s1. The lowest BCUT2D eigenvalue weighted by Gasteiger charge is -2.35. The van der Waals surface area contributed by atoms with Crippen molar-refractivity contribution in [3.05, 3.63) is 125 Å². The van der Waals surface area contributed by atoms with Crippen molar-refractivity contribution in [3.8, 4) is 5.75 Å². The van der Waals surface area contributed by atoms with E-state index < -0.39 is 34.3 Å². The number of sulfonamides is 1. The molecule has 0 bridgehead atoms. The molecule has 48 heavy (non-hydrogen) atoms. The van der Waals surface area contributed by atoms with Gasteiger partial charge in [-0.3, -0.25) is 13.9 Å². The van der Waals surface area contributed by atoms with Gasteiger partial charge >= 0.3 is 0 Å². The van der Waals surface area contributed by atoms with E-state index in [2.05, 4.69) is 5.32 Å². The van der Waals surface area contributed by atoms with Crippen LogP contribution in [0.4, 0.5) is 10.1 Å². The van der Waals surface area contributed by atoms with Gasteiger partial charge in [0.1, 0.15) is 24.2 Å². The third-order valence-electron chi connectivity index (χ3n) is 8.56. The molecule has 4 aromatic carbocycles. The zero-order valence-corrected chi connectivity index (χ0v) is 28.3. The maximum Gasteiger partial charge on any atom is 0.264 e. The number of methoxy groups -OCH3 is 1. The zero-order valence-electron chi connectivity index (χ0n) is 26.7. The molecule has 0 aromatic heterocycles. The van der Waals surface area contributed by atoms with E-state index in [9.17, 15) is 22.4 Å². The number of halogens is 2. The number of anilines is 1. The molecule has 0 aliphatic heterocycles. The summed E-state index contributed by atoms with van der Waals surface area (Å²) >= 11 is 6.58. The lowest BCUT2D eigenvalue weighted by molar-refractivity contribution is -0.140. The molecule has 0 heterocycles. The lowest BCUT2D eigenvalue weighted by atomic mass is 9.94. The Morgan fingerprint density at radius 1 is 0.896 bits per heavy atom. The summed E-state index contributed by atoms with van der Waals surface area (Å²) in [6, 6.07) is 26.0. The molecular weight excluding hydrogens is 653 g/mol. The molecule has 252 valence electrons. The molecule has 1 N–H and O–H groups in total. The third-order valence-corrected chi connectivity index (χ3v) is 10.7. The molecule has 1 aliphatic rings. The number of benzene rings is 4. The Kier molecular flexibility index (Phi) is 11.7. The smallest absolute Gasteiger partial charge is 0.264 e. The number of rotatable bonds is 13. The second-order valence-corrected chi connectivity index (χ2v) is 14.1. The Morgan fingerprint density at radius 3 is 2.19 bits per heavy atom. The van der Waals surface area contributed by atoms with Crippen molar-refractivity contribution in [2.45, 2.75) is 62.0 Å². The predicted octanol–water partition coefficient (Wildman–Crippen LogP) is 6.77. The van der Waals surface area contributed by atoms with Gasteiger partial charge < -0.3 is 15.0 Å². The van der Waals surface area contributed by atoms with E-state index in [1.807, 2.05) is 30.3 Å². The Hall–Kier alpha value is -4.41. The summed E-state index contributed by atoms with van der Waals surface area (Å²) in [6.07, 6.45) is 5.01. The van der Waals surface area contributed by atoms with Gasteiger partial charge in [0.25, 0.3) is 10.0 Å². The maximum absolute atomic E-state index is 14.6. The molecule has 0 saturated heterocycles. The number of nitrogens with zero attached hydrogens (tertiary/aromatic N) is 2. The van der Waals surface area contributed by atoms with E-state index in [0.29, 0.717) is 16.3 Å². The van der Waals surface area contributed by atoms with Crippen LogP contribution < -0.4 is 14.4 Å². The van der Waals surface area contributed by atoms with Crippen molar-refractivity contribution in [3.63, 3.8) is 0 Å². The van der Waals surface area contributed by atoms with Crippen LogP contribution in [0.1, 0.15) is 43.2 Å². The van der Waals surface area contributed by atoms with Crippen LogP contribution >= 0.6 is 11.6 Å². The van der Waals surface area contributed by atoms with Crippen molar-refractivity contribution in [1.29, 1.82) is 0 Å². The molecule has 4 aromatic rings. The Bertz CT molecular complexity index is 1780. The highest BCUT2D eigenvalue weighted by molar-refractivity contribution is 7.92. The first-order valence-electron chi connectivity index (χ1n) is 16.0. The molecule has 1 atom stereocenters. The van der Waals surface area contributed by atoms with Crippen LogP contribution in [0.2, 0.25) is 5.02 Å². The largest absolute Gasteiger partial charge is 0.497 e. The van der Waals surface area contributed by atoms with Gasteiger partial charge in [-0.2, -0.15) is 0 Å². The Balaban J connectivity index is 1.56. The van der Waals surface area contributed by atoms with Gasteiger partial charge in [0.15, 0.2) is 0 Å². The summed E-state index contributed by atoms with van der Waals surface area (Å²) in [5.74, 6) is -1.06. The summed E-state index contributed by atoms with van der Waals surface area (Å²) in [7, 11) is -2.88. The van der Waals surface area contributed by atoms with Gasteiger partial charge in [0.05, 0.1) is 17.7 Å². The Labute approximate surface area is 286 Å². The van der Waals surface area contributed by atoms with Crippen LogP contribution in [0.25, 0.3) is 0 Å².